The Balaban J connectivity index is 2.34. The normalized spacial score (nSPS) is 25.6. The van der Waals surface area contributed by atoms with Gasteiger partial charge in [-0.1, -0.05) is 6.07 Å². The summed E-state index contributed by atoms with van der Waals surface area (Å²) >= 11 is 0. The number of sulfonamides is 1. The van der Waals surface area contributed by atoms with Gasteiger partial charge in [0.15, 0.2) is 0 Å². The average Bonchev–Trinajstić information content (AvgIpc) is 2.64. The number of hydrogen-bond acceptors (Lipinski definition) is 4. The molecule has 0 amide bonds. The number of aryl methyl sites for hydroxylation is 1. The highest BCUT2D eigenvalue weighted by molar-refractivity contribution is 7.89. The first kappa shape index (κ1) is 13.4. The lowest BCUT2D eigenvalue weighted by Gasteiger charge is -2.15. The van der Waals surface area contributed by atoms with Crippen molar-refractivity contribution in [3.8, 4) is 0 Å². The Morgan fingerprint density at radius 2 is 1.83 bits per heavy atom. The van der Waals surface area contributed by atoms with E-state index in [0.717, 1.165) is 10.4 Å². The number of β-amino-alcohol motifs (C(OH)–C–C–N with tert-alkyl or cyclic N) is 2. The van der Waals surface area contributed by atoms with Crippen molar-refractivity contribution in [3.63, 3.8) is 0 Å². The van der Waals surface area contributed by atoms with Crippen LogP contribution in [-0.4, -0.2) is 48.2 Å². The highest BCUT2D eigenvalue weighted by atomic mass is 32.2. The van der Waals surface area contributed by atoms with Crippen LogP contribution in [0.2, 0.25) is 0 Å². The standard InChI is InChI=1S/C11H14FNO4S/c1-7-2-3-8(4-9(7)12)18(16,17)13-5-10(14)11(15)6-13/h2-4,10-11,14-15H,5-6H2,1H3/t10-,11+. The molecule has 1 aliphatic rings. The van der Waals surface area contributed by atoms with Gasteiger partial charge in [-0.2, -0.15) is 4.31 Å². The number of rotatable bonds is 2. The van der Waals surface area contributed by atoms with Crippen molar-refractivity contribution in [1.82, 2.24) is 4.31 Å². The second-order valence-corrected chi connectivity index (χ2v) is 6.31. The van der Waals surface area contributed by atoms with Crippen LogP contribution in [0.4, 0.5) is 4.39 Å². The van der Waals surface area contributed by atoms with Crippen molar-refractivity contribution in [1.29, 1.82) is 0 Å². The molecule has 2 atom stereocenters. The van der Waals surface area contributed by atoms with Crippen LogP contribution in [0, 0.1) is 12.7 Å². The van der Waals surface area contributed by atoms with Crippen LogP contribution < -0.4 is 0 Å². The minimum absolute atomic E-state index is 0.174. The minimum Gasteiger partial charge on any atom is -0.389 e. The van der Waals surface area contributed by atoms with Gasteiger partial charge in [-0.05, 0) is 24.6 Å². The molecular formula is C11H14FNO4S. The summed E-state index contributed by atoms with van der Waals surface area (Å²) in [7, 11) is -3.87. The van der Waals surface area contributed by atoms with Gasteiger partial charge >= 0.3 is 0 Å². The minimum atomic E-state index is -3.87. The molecule has 7 heteroatoms. The Labute approximate surface area is 105 Å². The Morgan fingerprint density at radius 1 is 1.28 bits per heavy atom. The molecule has 0 bridgehead atoms. The smallest absolute Gasteiger partial charge is 0.243 e. The number of benzene rings is 1. The van der Waals surface area contributed by atoms with Gasteiger partial charge in [0.05, 0.1) is 17.1 Å². The van der Waals surface area contributed by atoms with Crippen LogP contribution in [0.1, 0.15) is 5.56 Å². The first-order valence-electron chi connectivity index (χ1n) is 5.45. The molecular weight excluding hydrogens is 261 g/mol. The second-order valence-electron chi connectivity index (χ2n) is 4.37. The van der Waals surface area contributed by atoms with Crippen molar-refractivity contribution in [2.75, 3.05) is 13.1 Å². The van der Waals surface area contributed by atoms with E-state index in [1.165, 1.54) is 19.1 Å². The zero-order valence-corrected chi connectivity index (χ0v) is 10.6. The zero-order chi connectivity index (χ0) is 13.5. The SMILES string of the molecule is Cc1ccc(S(=O)(=O)N2C[C@@H](O)[C@@H](O)C2)cc1F. The van der Waals surface area contributed by atoms with Gasteiger partial charge in [0, 0.05) is 13.1 Å². The van der Waals surface area contributed by atoms with Gasteiger partial charge in [0.1, 0.15) is 5.82 Å². The van der Waals surface area contributed by atoms with Gasteiger partial charge < -0.3 is 10.2 Å². The molecule has 0 unspecified atom stereocenters. The monoisotopic (exact) mass is 275 g/mol. The van der Waals surface area contributed by atoms with Crippen molar-refractivity contribution >= 4 is 10.0 Å². The Hall–Kier alpha value is -1.02. The molecule has 1 fully saturated rings. The molecule has 0 spiro atoms. The predicted octanol–water partition coefficient (Wildman–Crippen LogP) is -0.140. The van der Waals surface area contributed by atoms with Crippen molar-refractivity contribution in [3.05, 3.63) is 29.6 Å². The quantitative estimate of drug-likeness (QED) is 0.787. The van der Waals surface area contributed by atoms with E-state index >= 15 is 0 Å². The Bertz CT molecular complexity index is 550. The number of halogens is 1. The third-order valence-corrected chi connectivity index (χ3v) is 4.83. The molecule has 100 valence electrons. The molecule has 0 saturated carbocycles. The van der Waals surface area contributed by atoms with Gasteiger partial charge in [-0.3, -0.25) is 0 Å². The zero-order valence-electron chi connectivity index (χ0n) is 9.75. The molecule has 2 rings (SSSR count). The van der Waals surface area contributed by atoms with Crippen molar-refractivity contribution < 1.29 is 23.0 Å². The Morgan fingerprint density at radius 3 is 2.33 bits per heavy atom. The maximum Gasteiger partial charge on any atom is 0.243 e. The fourth-order valence-corrected chi connectivity index (χ4v) is 3.30. The first-order chi connectivity index (χ1) is 8.32. The van der Waals surface area contributed by atoms with Gasteiger partial charge in [-0.15, -0.1) is 0 Å². The first-order valence-corrected chi connectivity index (χ1v) is 6.89. The predicted molar refractivity (Wildman–Crippen MR) is 61.9 cm³/mol. The number of aliphatic hydroxyl groups excluding tert-OH is 2. The van der Waals surface area contributed by atoms with Crippen LogP contribution in [0.5, 0.6) is 0 Å². The summed E-state index contributed by atoms with van der Waals surface area (Å²) in [5.41, 5.74) is 0.357. The van der Waals surface area contributed by atoms with E-state index in [4.69, 9.17) is 0 Å². The summed E-state index contributed by atoms with van der Waals surface area (Å²) in [5.74, 6) is -0.601. The van der Waals surface area contributed by atoms with E-state index < -0.39 is 28.0 Å². The lowest BCUT2D eigenvalue weighted by Crippen LogP contribution is -2.30. The third kappa shape index (κ3) is 2.26. The lowest BCUT2D eigenvalue weighted by atomic mass is 10.2. The average molecular weight is 275 g/mol. The molecule has 0 aliphatic carbocycles. The lowest BCUT2D eigenvalue weighted by molar-refractivity contribution is 0.0572. The largest absolute Gasteiger partial charge is 0.389 e. The summed E-state index contributed by atoms with van der Waals surface area (Å²) in [4.78, 5) is -0.174. The molecule has 0 radical (unpaired) electrons. The molecule has 2 N–H and O–H groups in total. The van der Waals surface area contributed by atoms with Crippen molar-refractivity contribution in [2.24, 2.45) is 0 Å². The highest BCUT2D eigenvalue weighted by Crippen LogP contribution is 2.22. The van der Waals surface area contributed by atoms with Crippen molar-refractivity contribution in [2.45, 2.75) is 24.0 Å². The number of hydrogen-bond donors (Lipinski definition) is 2. The van der Waals surface area contributed by atoms with Crippen LogP contribution in [0.3, 0.4) is 0 Å². The van der Waals surface area contributed by atoms with E-state index in [-0.39, 0.29) is 18.0 Å². The van der Waals surface area contributed by atoms with E-state index in [2.05, 4.69) is 0 Å². The maximum atomic E-state index is 13.4. The van der Waals surface area contributed by atoms with Gasteiger partial charge in [-0.25, -0.2) is 12.8 Å². The van der Waals surface area contributed by atoms with E-state index in [1.807, 2.05) is 0 Å². The highest BCUT2D eigenvalue weighted by Gasteiger charge is 2.37. The maximum absolute atomic E-state index is 13.4. The molecule has 1 aliphatic heterocycles. The van der Waals surface area contributed by atoms with Crippen LogP contribution in [0.15, 0.2) is 23.1 Å². The molecule has 1 aromatic carbocycles. The molecule has 1 saturated heterocycles. The summed E-state index contributed by atoms with van der Waals surface area (Å²) in [6.45, 7) is 1.17. The number of aliphatic hydroxyl groups is 2. The van der Waals surface area contributed by atoms with Crippen LogP contribution in [-0.2, 0) is 10.0 Å². The number of nitrogens with zero attached hydrogens (tertiary/aromatic N) is 1. The summed E-state index contributed by atoms with van der Waals surface area (Å²) in [6, 6.07) is 3.64. The third-order valence-electron chi connectivity index (χ3n) is 3.01. The fourth-order valence-electron chi connectivity index (χ4n) is 1.81. The molecule has 1 aromatic rings. The van der Waals surface area contributed by atoms with E-state index in [0.29, 0.717) is 5.56 Å². The van der Waals surface area contributed by atoms with Crippen LogP contribution in [0.25, 0.3) is 0 Å². The van der Waals surface area contributed by atoms with Gasteiger partial charge in [0.25, 0.3) is 0 Å². The second kappa shape index (κ2) is 4.58. The Kier molecular flexibility index (Phi) is 3.41. The van der Waals surface area contributed by atoms with Crippen LogP contribution >= 0.6 is 0 Å². The van der Waals surface area contributed by atoms with E-state index in [9.17, 15) is 23.0 Å². The summed E-state index contributed by atoms with van der Waals surface area (Å²) in [6.07, 6.45) is -2.20. The van der Waals surface area contributed by atoms with E-state index in [1.54, 1.807) is 0 Å². The molecule has 5 nitrogen and oxygen atoms in total. The topological polar surface area (TPSA) is 77.8 Å². The van der Waals surface area contributed by atoms with Gasteiger partial charge in [0.2, 0.25) is 10.0 Å². The molecule has 0 aromatic heterocycles. The summed E-state index contributed by atoms with van der Waals surface area (Å²) in [5, 5.41) is 18.7. The molecule has 18 heavy (non-hydrogen) atoms. The summed E-state index contributed by atoms with van der Waals surface area (Å²) < 4.78 is 38.6. The fraction of sp³-hybridized carbons (Fsp3) is 0.455. The molecule has 1 heterocycles.